The van der Waals surface area contributed by atoms with Crippen LogP contribution in [0.25, 0.3) is 0 Å². The molecule has 0 bridgehead atoms. The van der Waals surface area contributed by atoms with Crippen LogP contribution in [0, 0.1) is 18.7 Å². The lowest BCUT2D eigenvalue weighted by molar-refractivity contribution is 0.590. The second-order valence-electron chi connectivity index (χ2n) is 3.82. The molecule has 1 unspecified atom stereocenters. The Bertz CT molecular complexity index is 323. The van der Waals surface area contributed by atoms with E-state index in [0.29, 0.717) is 11.5 Å². The van der Waals surface area contributed by atoms with Gasteiger partial charge in [-0.25, -0.2) is 4.39 Å². The first kappa shape index (κ1) is 11.5. The first-order valence-corrected chi connectivity index (χ1v) is 4.70. The molecule has 1 aliphatic carbocycles. The molecule has 0 heterocycles. The number of rotatable bonds is 2. The summed E-state index contributed by atoms with van der Waals surface area (Å²) in [6, 6.07) is 5.19. The lowest BCUT2D eigenvalue weighted by Crippen LogP contribution is -2.14. The van der Waals surface area contributed by atoms with Crippen LogP contribution in [0.15, 0.2) is 18.2 Å². The van der Waals surface area contributed by atoms with Gasteiger partial charge >= 0.3 is 0 Å². The van der Waals surface area contributed by atoms with Crippen LogP contribution < -0.4 is 5.73 Å². The van der Waals surface area contributed by atoms with Gasteiger partial charge in [-0.05, 0) is 42.9 Å². The molecule has 2 rings (SSSR count). The van der Waals surface area contributed by atoms with Gasteiger partial charge in [0.05, 0.1) is 0 Å². The topological polar surface area (TPSA) is 26.0 Å². The molecule has 0 aliphatic heterocycles. The Labute approximate surface area is 89.9 Å². The Morgan fingerprint density at radius 1 is 1.43 bits per heavy atom. The highest BCUT2D eigenvalue weighted by Gasteiger charge is 2.30. The van der Waals surface area contributed by atoms with Crippen LogP contribution in [-0.2, 0) is 0 Å². The summed E-state index contributed by atoms with van der Waals surface area (Å²) in [5.41, 5.74) is 7.69. The zero-order valence-corrected chi connectivity index (χ0v) is 8.98. The van der Waals surface area contributed by atoms with Gasteiger partial charge in [-0.15, -0.1) is 12.4 Å². The number of benzene rings is 1. The van der Waals surface area contributed by atoms with E-state index < -0.39 is 0 Å². The first-order chi connectivity index (χ1) is 6.20. The second-order valence-corrected chi connectivity index (χ2v) is 3.82. The van der Waals surface area contributed by atoms with Crippen LogP contribution in [0.3, 0.4) is 0 Å². The summed E-state index contributed by atoms with van der Waals surface area (Å²) >= 11 is 0. The summed E-state index contributed by atoms with van der Waals surface area (Å²) in [5.74, 6) is 0.439. The Kier molecular flexibility index (Phi) is 3.51. The molecule has 78 valence electrons. The SMILES string of the molecule is Cc1c(F)cccc1C(N)C1CC1.Cl. The highest BCUT2D eigenvalue weighted by molar-refractivity contribution is 5.85. The molecule has 1 aromatic carbocycles. The van der Waals surface area contributed by atoms with Crippen LogP contribution >= 0.6 is 12.4 Å². The fraction of sp³-hybridized carbons (Fsp3) is 0.455. The number of halogens is 2. The molecule has 1 nitrogen and oxygen atoms in total. The lowest BCUT2D eigenvalue weighted by Gasteiger charge is -2.13. The maximum atomic E-state index is 13.2. The maximum Gasteiger partial charge on any atom is 0.126 e. The molecule has 0 amide bonds. The fourth-order valence-electron chi connectivity index (χ4n) is 1.69. The van der Waals surface area contributed by atoms with Gasteiger partial charge in [0.25, 0.3) is 0 Å². The quantitative estimate of drug-likeness (QED) is 0.807. The third kappa shape index (κ3) is 2.07. The van der Waals surface area contributed by atoms with Crippen molar-refractivity contribution in [3.63, 3.8) is 0 Å². The minimum absolute atomic E-state index is 0. The van der Waals surface area contributed by atoms with Crippen molar-refractivity contribution < 1.29 is 4.39 Å². The lowest BCUT2D eigenvalue weighted by atomic mass is 9.98. The Morgan fingerprint density at radius 2 is 2.07 bits per heavy atom. The van der Waals surface area contributed by atoms with E-state index in [1.54, 1.807) is 13.0 Å². The van der Waals surface area contributed by atoms with Crippen molar-refractivity contribution in [2.45, 2.75) is 25.8 Å². The molecule has 1 fully saturated rings. The average Bonchev–Trinajstić information content (AvgIpc) is 2.91. The van der Waals surface area contributed by atoms with Gasteiger partial charge in [-0.2, -0.15) is 0 Å². The smallest absolute Gasteiger partial charge is 0.126 e. The van der Waals surface area contributed by atoms with Crippen molar-refractivity contribution in [2.75, 3.05) is 0 Å². The number of hydrogen-bond donors (Lipinski definition) is 1. The van der Waals surface area contributed by atoms with Gasteiger partial charge in [-0.1, -0.05) is 12.1 Å². The van der Waals surface area contributed by atoms with Gasteiger partial charge in [-0.3, -0.25) is 0 Å². The van der Waals surface area contributed by atoms with Crippen LogP contribution in [0.2, 0.25) is 0 Å². The number of nitrogens with two attached hydrogens (primary N) is 1. The molecular weight excluding hydrogens is 201 g/mol. The monoisotopic (exact) mass is 215 g/mol. The highest BCUT2D eigenvalue weighted by atomic mass is 35.5. The third-order valence-electron chi connectivity index (χ3n) is 2.80. The molecule has 0 spiro atoms. The predicted octanol–water partition coefficient (Wildman–Crippen LogP) is 2.97. The third-order valence-corrected chi connectivity index (χ3v) is 2.80. The van der Waals surface area contributed by atoms with Crippen LogP contribution in [-0.4, -0.2) is 0 Å². The molecule has 1 aliphatic rings. The van der Waals surface area contributed by atoms with E-state index in [0.717, 1.165) is 5.56 Å². The largest absolute Gasteiger partial charge is 0.324 e. The van der Waals surface area contributed by atoms with Crippen molar-refractivity contribution in [3.05, 3.63) is 35.1 Å². The van der Waals surface area contributed by atoms with Crippen molar-refractivity contribution >= 4 is 12.4 Å². The standard InChI is InChI=1S/C11H14FN.ClH/c1-7-9(3-2-4-10(7)12)11(13)8-5-6-8;/h2-4,8,11H,5-6,13H2,1H3;1H. The molecule has 0 saturated heterocycles. The van der Waals surface area contributed by atoms with Crippen molar-refractivity contribution in [3.8, 4) is 0 Å². The average molecular weight is 216 g/mol. The van der Waals surface area contributed by atoms with Gasteiger partial charge in [0, 0.05) is 6.04 Å². The molecule has 1 aromatic rings. The van der Waals surface area contributed by atoms with Crippen LogP contribution in [0.4, 0.5) is 4.39 Å². The van der Waals surface area contributed by atoms with E-state index >= 15 is 0 Å². The molecule has 14 heavy (non-hydrogen) atoms. The van der Waals surface area contributed by atoms with Gasteiger partial charge in [0.2, 0.25) is 0 Å². The van der Waals surface area contributed by atoms with E-state index in [4.69, 9.17) is 5.73 Å². The first-order valence-electron chi connectivity index (χ1n) is 4.70. The molecular formula is C11H15ClFN. The summed E-state index contributed by atoms with van der Waals surface area (Å²) in [7, 11) is 0. The zero-order valence-electron chi connectivity index (χ0n) is 8.16. The minimum atomic E-state index is -0.145. The van der Waals surface area contributed by atoms with E-state index in [9.17, 15) is 4.39 Å². The van der Waals surface area contributed by atoms with E-state index in [1.807, 2.05) is 6.07 Å². The molecule has 1 saturated carbocycles. The fourth-order valence-corrected chi connectivity index (χ4v) is 1.69. The summed E-state index contributed by atoms with van der Waals surface area (Å²) in [6.45, 7) is 1.80. The molecule has 3 heteroatoms. The maximum absolute atomic E-state index is 13.2. The summed E-state index contributed by atoms with van der Waals surface area (Å²) in [6.07, 6.45) is 2.38. The summed E-state index contributed by atoms with van der Waals surface area (Å²) < 4.78 is 13.2. The second kappa shape index (κ2) is 4.28. The normalized spacial score (nSPS) is 17.4. The summed E-state index contributed by atoms with van der Waals surface area (Å²) in [5, 5.41) is 0. The highest BCUT2D eigenvalue weighted by Crippen LogP contribution is 2.40. The molecule has 1 atom stereocenters. The molecule has 2 N–H and O–H groups in total. The minimum Gasteiger partial charge on any atom is -0.324 e. The van der Waals surface area contributed by atoms with Crippen LogP contribution in [0.1, 0.15) is 30.0 Å². The molecule has 0 radical (unpaired) electrons. The van der Waals surface area contributed by atoms with Crippen molar-refractivity contribution in [1.29, 1.82) is 0 Å². The van der Waals surface area contributed by atoms with Crippen molar-refractivity contribution in [2.24, 2.45) is 11.7 Å². The van der Waals surface area contributed by atoms with Gasteiger partial charge < -0.3 is 5.73 Å². The van der Waals surface area contributed by atoms with E-state index in [-0.39, 0.29) is 24.3 Å². The zero-order chi connectivity index (χ0) is 9.42. The van der Waals surface area contributed by atoms with Gasteiger partial charge in [0.15, 0.2) is 0 Å². The summed E-state index contributed by atoms with van der Waals surface area (Å²) in [4.78, 5) is 0. The Hall–Kier alpha value is -0.600. The van der Waals surface area contributed by atoms with Crippen LogP contribution in [0.5, 0.6) is 0 Å². The van der Waals surface area contributed by atoms with Gasteiger partial charge in [0.1, 0.15) is 5.82 Å². The van der Waals surface area contributed by atoms with E-state index in [2.05, 4.69) is 0 Å². The Morgan fingerprint density at radius 3 is 2.64 bits per heavy atom. The van der Waals surface area contributed by atoms with E-state index in [1.165, 1.54) is 18.9 Å². The predicted molar refractivity (Wildman–Crippen MR) is 58.0 cm³/mol. The molecule has 0 aromatic heterocycles. The number of hydrogen-bond acceptors (Lipinski definition) is 1. The Balaban J connectivity index is 0.000000980. The van der Waals surface area contributed by atoms with Crippen molar-refractivity contribution in [1.82, 2.24) is 0 Å².